The number of nitrogens with two attached hydrogens (primary N) is 2. The Labute approximate surface area is 90.4 Å². The number of carbonyl (C=O) groups is 1. The smallest absolute Gasteiger partial charge is 0.235 e. The summed E-state index contributed by atoms with van der Waals surface area (Å²) >= 11 is 0. The molecule has 1 amide bonds. The van der Waals surface area contributed by atoms with E-state index >= 15 is 0 Å². The molecule has 0 heterocycles. The van der Waals surface area contributed by atoms with E-state index in [2.05, 4.69) is 4.72 Å². The third kappa shape index (κ3) is 4.15. The van der Waals surface area contributed by atoms with Gasteiger partial charge in [-0.15, -0.1) is 0 Å². The fraction of sp³-hybridized carbons (Fsp3) is 0.875. The molecule has 7 heteroatoms. The topological polar surface area (TPSA) is 115 Å². The van der Waals surface area contributed by atoms with Crippen molar-refractivity contribution in [1.29, 1.82) is 0 Å². The van der Waals surface area contributed by atoms with Gasteiger partial charge in [0.1, 0.15) is 6.04 Å². The van der Waals surface area contributed by atoms with E-state index in [0.717, 1.165) is 0 Å². The van der Waals surface area contributed by atoms with Crippen molar-refractivity contribution in [1.82, 2.24) is 4.72 Å². The molecule has 2 atom stereocenters. The van der Waals surface area contributed by atoms with Crippen molar-refractivity contribution >= 4 is 15.9 Å². The lowest BCUT2D eigenvalue weighted by molar-refractivity contribution is -0.120. The lowest BCUT2D eigenvalue weighted by atomic mass is 10.1. The van der Waals surface area contributed by atoms with Gasteiger partial charge >= 0.3 is 0 Å². The summed E-state index contributed by atoms with van der Waals surface area (Å²) < 4.78 is 25.4. The number of hydrogen-bond acceptors (Lipinski definition) is 4. The van der Waals surface area contributed by atoms with E-state index in [4.69, 9.17) is 11.5 Å². The highest BCUT2D eigenvalue weighted by molar-refractivity contribution is 7.90. The monoisotopic (exact) mass is 237 g/mol. The molecular formula is C8H19N3O3S. The molecule has 0 aliphatic heterocycles. The first-order chi connectivity index (χ1) is 6.72. The van der Waals surface area contributed by atoms with Gasteiger partial charge in [0.05, 0.1) is 5.25 Å². The molecule has 0 fully saturated rings. The molecule has 0 aromatic rings. The van der Waals surface area contributed by atoms with Gasteiger partial charge in [-0.25, -0.2) is 13.1 Å². The maximum Gasteiger partial charge on any atom is 0.235 e. The molecule has 0 saturated heterocycles. The van der Waals surface area contributed by atoms with Crippen molar-refractivity contribution in [3.05, 3.63) is 0 Å². The highest BCUT2D eigenvalue weighted by Crippen LogP contribution is 2.05. The molecule has 0 bridgehead atoms. The molecule has 0 radical (unpaired) electrons. The van der Waals surface area contributed by atoms with Crippen LogP contribution in [0, 0.1) is 5.92 Å². The van der Waals surface area contributed by atoms with Crippen LogP contribution in [0.1, 0.15) is 20.8 Å². The molecule has 0 aliphatic carbocycles. The van der Waals surface area contributed by atoms with Crippen molar-refractivity contribution in [3.63, 3.8) is 0 Å². The summed E-state index contributed by atoms with van der Waals surface area (Å²) in [6.45, 7) is 4.90. The second-order valence-corrected chi connectivity index (χ2v) is 5.96. The van der Waals surface area contributed by atoms with E-state index in [0.29, 0.717) is 0 Å². The van der Waals surface area contributed by atoms with Crippen molar-refractivity contribution in [2.24, 2.45) is 17.4 Å². The molecule has 90 valence electrons. The van der Waals surface area contributed by atoms with E-state index in [-0.39, 0.29) is 12.5 Å². The summed E-state index contributed by atoms with van der Waals surface area (Å²) in [6, 6.07) is -0.885. The van der Waals surface area contributed by atoms with Gasteiger partial charge in [-0.05, 0) is 12.8 Å². The second kappa shape index (κ2) is 5.43. The second-order valence-electron chi connectivity index (χ2n) is 3.83. The molecule has 0 aliphatic rings. The van der Waals surface area contributed by atoms with Crippen LogP contribution in [-0.2, 0) is 14.8 Å². The van der Waals surface area contributed by atoms with Crippen molar-refractivity contribution in [2.75, 3.05) is 6.54 Å². The van der Waals surface area contributed by atoms with E-state index in [1.807, 2.05) is 0 Å². The number of carbonyl (C=O) groups excluding carboxylic acids is 1. The molecule has 0 spiro atoms. The lowest BCUT2D eigenvalue weighted by Crippen LogP contribution is -2.50. The zero-order chi connectivity index (χ0) is 12.2. The summed E-state index contributed by atoms with van der Waals surface area (Å²) in [5.74, 6) is -0.875. The first kappa shape index (κ1) is 14.3. The molecular weight excluding hydrogens is 218 g/mol. The Morgan fingerprint density at radius 2 is 1.80 bits per heavy atom. The molecule has 0 aromatic heterocycles. The first-order valence-electron chi connectivity index (χ1n) is 4.73. The Hall–Kier alpha value is -0.660. The fourth-order valence-corrected chi connectivity index (χ4v) is 2.17. The average Bonchev–Trinajstić information content (AvgIpc) is 2.11. The maximum atomic E-state index is 11.6. The van der Waals surface area contributed by atoms with Crippen LogP contribution in [0.3, 0.4) is 0 Å². The van der Waals surface area contributed by atoms with E-state index in [1.165, 1.54) is 6.92 Å². The Kier molecular flexibility index (Phi) is 5.19. The third-order valence-electron chi connectivity index (χ3n) is 2.13. The van der Waals surface area contributed by atoms with Crippen molar-refractivity contribution in [2.45, 2.75) is 32.1 Å². The van der Waals surface area contributed by atoms with Crippen LogP contribution in [0.4, 0.5) is 0 Å². The van der Waals surface area contributed by atoms with E-state index < -0.39 is 27.2 Å². The Bertz CT molecular complexity index is 313. The number of primary amides is 1. The van der Waals surface area contributed by atoms with E-state index in [1.54, 1.807) is 13.8 Å². The van der Waals surface area contributed by atoms with Gasteiger partial charge in [-0.3, -0.25) is 4.79 Å². The van der Waals surface area contributed by atoms with E-state index in [9.17, 15) is 13.2 Å². The molecule has 15 heavy (non-hydrogen) atoms. The highest BCUT2D eigenvalue weighted by atomic mass is 32.2. The molecule has 5 N–H and O–H groups in total. The summed E-state index contributed by atoms with van der Waals surface area (Å²) in [6.07, 6.45) is 0. The van der Waals surface area contributed by atoms with Crippen LogP contribution in [0.5, 0.6) is 0 Å². The SMILES string of the molecule is CC(C)C(NS(=O)(=O)C(C)CN)C(N)=O. The van der Waals surface area contributed by atoms with Gasteiger partial charge in [-0.1, -0.05) is 13.8 Å². The van der Waals surface area contributed by atoms with Gasteiger partial charge < -0.3 is 11.5 Å². The minimum absolute atomic E-state index is 0.00108. The minimum Gasteiger partial charge on any atom is -0.368 e. The summed E-state index contributed by atoms with van der Waals surface area (Å²) in [4.78, 5) is 11.0. The standard InChI is InChI=1S/C8H19N3O3S/c1-5(2)7(8(10)12)11-15(13,14)6(3)4-9/h5-7,11H,4,9H2,1-3H3,(H2,10,12). The Morgan fingerprint density at radius 1 is 1.33 bits per heavy atom. The van der Waals surface area contributed by atoms with Crippen LogP contribution in [0.25, 0.3) is 0 Å². The minimum atomic E-state index is -3.58. The molecule has 6 nitrogen and oxygen atoms in total. The van der Waals surface area contributed by atoms with Crippen molar-refractivity contribution in [3.8, 4) is 0 Å². The summed E-state index contributed by atoms with van der Waals surface area (Å²) in [5, 5.41) is -0.738. The fourth-order valence-electron chi connectivity index (χ4n) is 0.942. The molecule has 0 aromatic carbocycles. The van der Waals surface area contributed by atoms with Crippen LogP contribution in [0.15, 0.2) is 0 Å². The largest absolute Gasteiger partial charge is 0.368 e. The van der Waals surface area contributed by atoms with Crippen LogP contribution in [-0.4, -0.2) is 32.2 Å². The lowest BCUT2D eigenvalue weighted by Gasteiger charge is -2.21. The van der Waals surface area contributed by atoms with Gasteiger partial charge in [0.15, 0.2) is 0 Å². The molecule has 0 rings (SSSR count). The quantitative estimate of drug-likeness (QED) is 0.536. The number of hydrogen-bond donors (Lipinski definition) is 3. The number of sulfonamides is 1. The normalized spacial score (nSPS) is 16.3. The summed E-state index contributed by atoms with van der Waals surface area (Å²) in [5.41, 5.74) is 10.3. The Balaban J connectivity index is 4.76. The van der Waals surface area contributed by atoms with Crippen LogP contribution < -0.4 is 16.2 Å². The van der Waals surface area contributed by atoms with Gasteiger partial charge in [0.25, 0.3) is 0 Å². The number of amides is 1. The summed E-state index contributed by atoms with van der Waals surface area (Å²) in [7, 11) is -3.58. The van der Waals surface area contributed by atoms with Crippen LogP contribution >= 0.6 is 0 Å². The van der Waals surface area contributed by atoms with Gasteiger partial charge in [0.2, 0.25) is 15.9 Å². The number of nitrogens with one attached hydrogen (secondary N) is 1. The van der Waals surface area contributed by atoms with Crippen molar-refractivity contribution < 1.29 is 13.2 Å². The molecule has 0 saturated carbocycles. The highest BCUT2D eigenvalue weighted by Gasteiger charge is 2.28. The van der Waals surface area contributed by atoms with Gasteiger partial charge in [0, 0.05) is 6.54 Å². The number of rotatable bonds is 6. The Morgan fingerprint density at radius 3 is 2.07 bits per heavy atom. The van der Waals surface area contributed by atoms with Gasteiger partial charge in [-0.2, -0.15) is 0 Å². The van der Waals surface area contributed by atoms with Crippen LogP contribution in [0.2, 0.25) is 0 Å². The zero-order valence-corrected chi connectivity index (χ0v) is 10.0. The molecule has 2 unspecified atom stereocenters. The first-order valence-corrected chi connectivity index (χ1v) is 6.27. The zero-order valence-electron chi connectivity index (χ0n) is 9.23. The predicted octanol–water partition coefficient (Wildman–Crippen LogP) is -1.24. The average molecular weight is 237 g/mol. The third-order valence-corrected chi connectivity index (χ3v) is 3.96. The predicted molar refractivity (Wildman–Crippen MR) is 58.4 cm³/mol. The maximum absolute atomic E-state index is 11.6.